The van der Waals surface area contributed by atoms with Gasteiger partial charge >= 0.3 is 0 Å². The minimum atomic E-state index is -0.935. The molecule has 0 radical (unpaired) electrons. The lowest BCUT2D eigenvalue weighted by atomic mass is 10.2. The Balaban J connectivity index is 3.64. The van der Waals surface area contributed by atoms with Gasteiger partial charge in [-0.2, -0.15) is 0 Å². The van der Waals surface area contributed by atoms with Crippen LogP contribution in [0.2, 0.25) is 0 Å². The molecule has 0 fully saturated rings. The van der Waals surface area contributed by atoms with E-state index in [1.54, 1.807) is 0 Å². The molecule has 2 unspecified atom stereocenters. The highest BCUT2D eigenvalue weighted by Gasteiger charge is 2.13. The molecule has 5 N–H and O–H groups in total. The Morgan fingerprint density at radius 1 is 1.75 bits per heavy atom. The van der Waals surface area contributed by atoms with Crippen LogP contribution in [0.15, 0.2) is 0 Å². The lowest BCUT2D eigenvalue weighted by Gasteiger charge is -2.08. The van der Waals surface area contributed by atoms with Crippen molar-refractivity contribution in [2.45, 2.75) is 19.1 Å². The van der Waals surface area contributed by atoms with Gasteiger partial charge in [-0.25, -0.2) is 0 Å². The first kappa shape index (κ1) is 7.39. The summed E-state index contributed by atoms with van der Waals surface area (Å²) >= 11 is 0. The molecule has 0 aromatic heterocycles. The van der Waals surface area contributed by atoms with E-state index in [0.29, 0.717) is 0 Å². The van der Waals surface area contributed by atoms with Crippen molar-refractivity contribution in [2.75, 3.05) is 0 Å². The molecular formula is C4H10N2O2. The van der Waals surface area contributed by atoms with Gasteiger partial charge in [0.1, 0.15) is 6.04 Å². The second-order valence-corrected chi connectivity index (χ2v) is 1.67. The fourth-order valence-corrected chi connectivity index (χ4v) is 0.238. The van der Waals surface area contributed by atoms with Crippen LogP contribution in [-0.4, -0.2) is 23.2 Å². The van der Waals surface area contributed by atoms with Crippen LogP contribution in [0, 0.1) is 0 Å². The van der Waals surface area contributed by atoms with E-state index < -0.39 is 18.1 Å². The summed E-state index contributed by atoms with van der Waals surface area (Å²) in [7, 11) is 0. The van der Waals surface area contributed by atoms with Gasteiger partial charge in [0.2, 0.25) is 5.91 Å². The topological polar surface area (TPSA) is 89.3 Å². The van der Waals surface area contributed by atoms with E-state index in [1.807, 2.05) is 0 Å². The Bertz CT molecular complexity index is 92.0. The zero-order valence-corrected chi connectivity index (χ0v) is 4.66. The van der Waals surface area contributed by atoms with Gasteiger partial charge in [-0.3, -0.25) is 4.79 Å². The van der Waals surface area contributed by atoms with E-state index in [-0.39, 0.29) is 0 Å². The van der Waals surface area contributed by atoms with Gasteiger partial charge in [-0.05, 0) is 6.92 Å². The smallest absolute Gasteiger partial charge is 0.237 e. The van der Waals surface area contributed by atoms with Crippen molar-refractivity contribution in [1.82, 2.24) is 0 Å². The van der Waals surface area contributed by atoms with Crippen molar-refractivity contribution in [3.8, 4) is 0 Å². The predicted octanol–water partition coefficient (Wildman–Crippen LogP) is -1.82. The lowest BCUT2D eigenvalue weighted by Crippen LogP contribution is -2.44. The second kappa shape index (κ2) is 2.64. The van der Waals surface area contributed by atoms with E-state index in [9.17, 15) is 4.79 Å². The Morgan fingerprint density at radius 2 is 2.12 bits per heavy atom. The third-order valence-electron chi connectivity index (χ3n) is 0.848. The maximum Gasteiger partial charge on any atom is 0.237 e. The number of hydrogen-bond acceptors (Lipinski definition) is 3. The third-order valence-corrected chi connectivity index (χ3v) is 0.848. The minimum Gasteiger partial charge on any atom is -0.391 e. The molecule has 4 nitrogen and oxygen atoms in total. The Kier molecular flexibility index (Phi) is 2.44. The number of hydrogen-bond donors (Lipinski definition) is 3. The molecule has 0 aromatic rings. The highest BCUT2D eigenvalue weighted by Crippen LogP contribution is 1.84. The largest absolute Gasteiger partial charge is 0.391 e. The molecule has 8 heavy (non-hydrogen) atoms. The van der Waals surface area contributed by atoms with Gasteiger partial charge in [0.05, 0.1) is 6.10 Å². The minimum absolute atomic E-state index is 0.681. The normalized spacial score (nSPS) is 17.4. The first-order valence-electron chi connectivity index (χ1n) is 2.28. The van der Waals surface area contributed by atoms with Crippen molar-refractivity contribution < 1.29 is 9.90 Å². The van der Waals surface area contributed by atoms with E-state index in [1.165, 1.54) is 6.92 Å². The van der Waals surface area contributed by atoms with Gasteiger partial charge in [0, 0.05) is 0 Å². The fraction of sp³-hybridized carbons (Fsp3) is 0.750. The monoisotopic (exact) mass is 118 g/mol. The highest BCUT2D eigenvalue weighted by atomic mass is 16.3. The zero-order valence-electron chi connectivity index (χ0n) is 4.66. The highest BCUT2D eigenvalue weighted by molar-refractivity contribution is 5.80. The Labute approximate surface area is 47.5 Å². The number of amides is 1. The molecule has 0 aliphatic rings. The molecular weight excluding hydrogens is 108 g/mol. The number of nitrogens with two attached hydrogens (primary N) is 2. The van der Waals surface area contributed by atoms with Gasteiger partial charge < -0.3 is 16.6 Å². The van der Waals surface area contributed by atoms with Gasteiger partial charge in [-0.15, -0.1) is 0 Å². The molecule has 0 bridgehead atoms. The van der Waals surface area contributed by atoms with Crippen LogP contribution in [0.1, 0.15) is 6.92 Å². The van der Waals surface area contributed by atoms with Crippen molar-refractivity contribution in [2.24, 2.45) is 11.5 Å². The molecule has 2 atom stereocenters. The van der Waals surface area contributed by atoms with Crippen molar-refractivity contribution in [3.63, 3.8) is 0 Å². The maximum absolute atomic E-state index is 10.1. The molecule has 0 saturated carbocycles. The molecule has 0 spiro atoms. The number of carbonyl (C=O) groups excluding carboxylic acids is 1. The molecule has 0 heterocycles. The number of carbonyl (C=O) groups is 1. The first-order chi connectivity index (χ1) is 3.55. The molecule has 4 heteroatoms. The molecule has 0 aliphatic carbocycles. The van der Waals surface area contributed by atoms with Crippen LogP contribution in [0.5, 0.6) is 0 Å². The number of primary amides is 1. The quantitative estimate of drug-likeness (QED) is 0.399. The summed E-state index contributed by atoms with van der Waals surface area (Å²) in [6.07, 6.45) is -0.854. The Morgan fingerprint density at radius 3 is 2.12 bits per heavy atom. The predicted molar refractivity (Wildman–Crippen MR) is 28.9 cm³/mol. The summed E-state index contributed by atoms with van der Waals surface area (Å²) in [6, 6.07) is -0.935. The SMILES string of the molecule is CC(O)C(N)C(N)=O. The van der Waals surface area contributed by atoms with Gasteiger partial charge in [0.25, 0.3) is 0 Å². The van der Waals surface area contributed by atoms with Crippen molar-refractivity contribution >= 4 is 5.91 Å². The fourth-order valence-electron chi connectivity index (χ4n) is 0.238. The average molecular weight is 118 g/mol. The number of rotatable bonds is 2. The van der Waals surface area contributed by atoms with E-state index >= 15 is 0 Å². The summed E-state index contributed by atoms with van der Waals surface area (Å²) in [4.78, 5) is 10.1. The second-order valence-electron chi connectivity index (χ2n) is 1.67. The van der Waals surface area contributed by atoms with Crippen molar-refractivity contribution in [1.29, 1.82) is 0 Å². The van der Waals surface area contributed by atoms with Crippen LogP contribution in [0.3, 0.4) is 0 Å². The summed E-state index contributed by atoms with van der Waals surface area (Å²) in [5, 5.41) is 8.57. The van der Waals surface area contributed by atoms with Crippen LogP contribution in [0.25, 0.3) is 0 Å². The summed E-state index contributed by atoms with van der Waals surface area (Å²) in [6.45, 7) is 1.41. The zero-order chi connectivity index (χ0) is 6.73. The van der Waals surface area contributed by atoms with E-state index in [0.717, 1.165) is 0 Å². The maximum atomic E-state index is 10.1. The lowest BCUT2D eigenvalue weighted by molar-refractivity contribution is -0.121. The van der Waals surface area contributed by atoms with E-state index in [2.05, 4.69) is 0 Å². The molecule has 0 saturated heterocycles. The van der Waals surface area contributed by atoms with Crippen LogP contribution < -0.4 is 11.5 Å². The van der Waals surface area contributed by atoms with Gasteiger partial charge in [0.15, 0.2) is 0 Å². The van der Waals surface area contributed by atoms with Crippen LogP contribution >= 0.6 is 0 Å². The van der Waals surface area contributed by atoms with Crippen molar-refractivity contribution in [3.05, 3.63) is 0 Å². The van der Waals surface area contributed by atoms with Gasteiger partial charge in [-0.1, -0.05) is 0 Å². The van der Waals surface area contributed by atoms with E-state index in [4.69, 9.17) is 16.6 Å². The summed E-state index contributed by atoms with van der Waals surface area (Å²) in [5.74, 6) is -0.681. The summed E-state index contributed by atoms with van der Waals surface area (Å²) in [5.41, 5.74) is 9.75. The molecule has 0 aliphatic heterocycles. The molecule has 0 rings (SSSR count). The van der Waals surface area contributed by atoms with Crippen LogP contribution in [0.4, 0.5) is 0 Å². The summed E-state index contributed by atoms with van der Waals surface area (Å²) < 4.78 is 0. The molecule has 48 valence electrons. The van der Waals surface area contributed by atoms with Crippen LogP contribution in [-0.2, 0) is 4.79 Å². The third kappa shape index (κ3) is 1.90. The number of aliphatic hydroxyl groups is 1. The first-order valence-corrected chi connectivity index (χ1v) is 2.28. The standard InChI is InChI=1S/C4H10N2O2/c1-2(7)3(5)4(6)8/h2-3,7H,5H2,1H3,(H2,6,8). The molecule has 0 aromatic carbocycles. The average Bonchev–Trinajstić information content (AvgIpc) is 1.64. The molecule has 1 amide bonds. The Hall–Kier alpha value is -0.610. The number of aliphatic hydroxyl groups excluding tert-OH is 1.